The molecular formula is C18H15N5. The van der Waals surface area contributed by atoms with E-state index in [1.54, 1.807) is 6.21 Å². The first-order valence-corrected chi connectivity index (χ1v) is 6.57. The lowest BCUT2D eigenvalue weighted by atomic mass is 10.1. The Bertz CT molecular complexity index is 811. The van der Waals surface area contributed by atoms with Crippen molar-refractivity contribution >= 4 is 17.0 Å². The number of nitrogens with zero attached hydrogens (tertiary/aromatic N) is 4. The summed E-state index contributed by atoms with van der Waals surface area (Å²) in [5.41, 5.74) is 3.03. The van der Waals surface area contributed by atoms with Crippen molar-refractivity contribution in [3.05, 3.63) is 66.4 Å². The standard InChI is InChI=1S/C16H13N3.2CHN/c17-19-10-12-5-7-13(8-6-12)16-9-14-3-1-2-4-15(14)11-18-16;2*1-2/h1-11H,17H2;2*1H. The van der Waals surface area contributed by atoms with Crippen molar-refractivity contribution in [1.29, 1.82) is 10.5 Å². The summed E-state index contributed by atoms with van der Waals surface area (Å²) in [7, 11) is 0. The predicted molar refractivity (Wildman–Crippen MR) is 92.3 cm³/mol. The highest BCUT2D eigenvalue weighted by atomic mass is 15.1. The SMILES string of the molecule is C#N.C#N.NN=Cc1ccc(-c2cc3ccccc3cn2)cc1. The zero-order valence-corrected chi connectivity index (χ0v) is 12.4. The molecule has 5 nitrogen and oxygen atoms in total. The molecule has 0 aliphatic heterocycles. The summed E-state index contributed by atoms with van der Waals surface area (Å²) in [6, 6.07) is 18.3. The molecule has 0 aliphatic rings. The van der Waals surface area contributed by atoms with E-state index < -0.39 is 0 Å². The molecule has 3 aromatic rings. The second kappa shape index (κ2) is 9.28. The maximum atomic E-state index is 6.50. The second-order valence-electron chi connectivity index (χ2n) is 4.32. The van der Waals surface area contributed by atoms with Gasteiger partial charge in [0.2, 0.25) is 0 Å². The molecular weight excluding hydrogens is 286 g/mol. The Hall–Kier alpha value is -3.70. The van der Waals surface area contributed by atoms with Gasteiger partial charge in [-0.05, 0) is 17.0 Å². The van der Waals surface area contributed by atoms with Gasteiger partial charge >= 0.3 is 0 Å². The Labute approximate surface area is 134 Å². The summed E-state index contributed by atoms with van der Waals surface area (Å²) in [5, 5.41) is 18.9. The molecule has 0 amide bonds. The average Bonchev–Trinajstić information content (AvgIpc) is 2.65. The molecule has 112 valence electrons. The molecule has 1 aromatic heterocycles. The van der Waals surface area contributed by atoms with Gasteiger partial charge < -0.3 is 5.84 Å². The highest BCUT2D eigenvalue weighted by Gasteiger charge is 2.01. The fourth-order valence-electron chi connectivity index (χ4n) is 2.07. The lowest BCUT2D eigenvalue weighted by Crippen LogP contribution is -1.88. The van der Waals surface area contributed by atoms with Crippen LogP contribution in [0.25, 0.3) is 22.0 Å². The largest absolute Gasteiger partial charge is 0.323 e. The first-order valence-electron chi connectivity index (χ1n) is 6.57. The van der Waals surface area contributed by atoms with Gasteiger partial charge in [0, 0.05) is 30.3 Å². The minimum Gasteiger partial charge on any atom is -0.323 e. The number of benzene rings is 2. The van der Waals surface area contributed by atoms with Crippen molar-refractivity contribution in [1.82, 2.24) is 4.98 Å². The molecule has 0 spiro atoms. The van der Waals surface area contributed by atoms with Crippen LogP contribution in [0.1, 0.15) is 5.56 Å². The van der Waals surface area contributed by atoms with E-state index in [1.165, 1.54) is 5.39 Å². The highest BCUT2D eigenvalue weighted by Crippen LogP contribution is 2.21. The lowest BCUT2D eigenvalue weighted by molar-refractivity contribution is 1.26. The summed E-state index contributed by atoms with van der Waals surface area (Å²) in [4.78, 5) is 4.49. The van der Waals surface area contributed by atoms with E-state index in [9.17, 15) is 0 Å². The number of hydrogen-bond acceptors (Lipinski definition) is 5. The van der Waals surface area contributed by atoms with Gasteiger partial charge in [-0.3, -0.25) is 4.98 Å². The number of aromatic nitrogens is 1. The predicted octanol–water partition coefficient (Wildman–Crippen LogP) is 3.47. The summed E-state index contributed by atoms with van der Waals surface area (Å²) < 4.78 is 0. The number of hydrazone groups is 1. The van der Waals surface area contributed by atoms with Gasteiger partial charge in [-0.15, -0.1) is 0 Å². The van der Waals surface area contributed by atoms with E-state index in [0.29, 0.717) is 0 Å². The molecule has 0 saturated heterocycles. The topological polar surface area (TPSA) is 98.8 Å². The third-order valence-electron chi connectivity index (χ3n) is 3.06. The molecule has 0 aliphatic carbocycles. The Morgan fingerprint density at radius 3 is 2.13 bits per heavy atom. The summed E-state index contributed by atoms with van der Waals surface area (Å²) in [6.45, 7) is 7.00. The number of rotatable bonds is 2. The van der Waals surface area contributed by atoms with Gasteiger partial charge in [-0.1, -0.05) is 48.5 Å². The maximum Gasteiger partial charge on any atom is 0.0708 e. The molecule has 1 heterocycles. The van der Waals surface area contributed by atoms with E-state index in [1.807, 2.05) is 42.6 Å². The molecule has 0 atom stereocenters. The number of nitriles is 2. The fourth-order valence-corrected chi connectivity index (χ4v) is 2.07. The lowest BCUT2D eigenvalue weighted by Gasteiger charge is -2.03. The van der Waals surface area contributed by atoms with Gasteiger partial charge in [0.05, 0.1) is 11.9 Å². The van der Waals surface area contributed by atoms with Crippen LogP contribution in [0.3, 0.4) is 0 Å². The van der Waals surface area contributed by atoms with Crippen molar-refractivity contribution in [2.75, 3.05) is 0 Å². The molecule has 2 N–H and O–H groups in total. The van der Waals surface area contributed by atoms with Gasteiger partial charge in [0.25, 0.3) is 0 Å². The first-order chi connectivity index (χ1) is 11.4. The number of hydrogen-bond donors (Lipinski definition) is 1. The molecule has 2 aromatic carbocycles. The van der Waals surface area contributed by atoms with Crippen molar-refractivity contribution in [2.24, 2.45) is 10.9 Å². The van der Waals surface area contributed by atoms with Crippen molar-refractivity contribution in [2.45, 2.75) is 0 Å². The summed E-state index contributed by atoms with van der Waals surface area (Å²) in [6.07, 6.45) is 3.53. The first kappa shape index (κ1) is 17.4. The van der Waals surface area contributed by atoms with Crippen LogP contribution < -0.4 is 5.84 Å². The van der Waals surface area contributed by atoms with E-state index in [0.717, 1.165) is 22.2 Å². The van der Waals surface area contributed by atoms with Crippen molar-refractivity contribution < 1.29 is 0 Å². The summed E-state index contributed by atoms with van der Waals surface area (Å²) >= 11 is 0. The Balaban J connectivity index is 0.000000615. The fraction of sp³-hybridized carbons (Fsp3) is 0. The molecule has 0 radical (unpaired) electrons. The van der Waals surface area contributed by atoms with Crippen LogP contribution in [0.4, 0.5) is 0 Å². The van der Waals surface area contributed by atoms with Crippen molar-refractivity contribution in [3.63, 3.8) is 0 Å². The zero-order valence-electron chi connectivity index (χ0n) is 12.4. The zero-order chi connectivity index (χ0) is 17.1. The van der Waals surface area contributed by atoms with Gasteiger partial charge in [0.15, 0.2) is 0 Å². The van der Waals surface area contributed by atoms with Gasteiger partial charge in [-0.25, -0.2) is 10.5 Å². The van der Waals surface area contributed by atoms with Crippen LogP contribution in [-0.2, 0) is 0 Å². The second-order valence-corrected chi connectivity index (χ2v) is 4.32. The summed E-state index contributed by atoms with van der Waals surface area (Å²) in [5.74, 6) is 5.13. The van der Waals surface area contributed by atoms with Crippen molar-refractivity contribution in [3.8, 4) is 24.4 Å². The molecule has 23 heavy (non-hydrogen) atoms. The Kier molecular flexibility index (Phi) is 7.00. The van der Waals surface area contributed by atoms with Crippen LogP contribution in [0.15, 0.2) is 65.9 Å². The third-order valence-corrected chi connectivity index (χ3v) is 3.06. The van der Waals surface area contributed by atoms with E-state index >= 15 is 0 Å². The monoisotopic (exact) mass is 301 g/mol. The van der Waals surface area contributed by atoms with Crippen LogP contribution in [-0.4, -0.2) is 11.2 Å². The molecule has 0 unspecified atom stereocenters. The Morgan fingerprint density at radius 1 is 0.913 bits per heavy atom. The maximum absolute atomic E-state index is 6.50. The third kappa shape index (κ3) is 4.38. The van der Waals surface area contributed by atoms with Crippen LogP contribution in [0, 0.1) is 23.7 Å². The average molecular weight is 301 g/mol. The Morgan fingerprint density at radius 2 is 1.52 bits per heavy atom. The van der Waals surface area contributed by atoms with Crippen LogP contribution in [0.2, 0.25) is 0 Å². The quantitative estimate of drug-likeness (QED) is 0.445. The van der Waals surface area contributed by atoms with Crippen LogP contribution >= 0.6 is 0 Å². The minimum absolute atomic E-state index is 0.968. The van der Waals surface area contributed by atoms with Gasteiger partial charge in [0.1, 0.15) is 0 Å². The van der Waals surface area contributed by atoms with E-state index in [-0.39, 0.29) is 0 Å². The van der Waals surface area contributed by atoms with Crippen LogP contribution in [0.5, 0.6) is 0 Å². The number of nitrogens with two attached hydrogens (primary N) is 1. The molecule has 3 rings (SSSR count). The molecule has 5 heteroatoms. The number of fused-ring (bicyclic) bond motifs is 1. The molecule has 0 saturated carbocycles. The van der Waals surface area contributed by atoms with E-state index in [4.69, 9.17) is 16.4 Å². The smallest absolute Gasteiger partial charge is 0.0708 e. The van der Waals surface area contributed by atoms with Gasteiger partial charge in [-0.2, -0.15) is 5.10 Å². The highest BCUT2D eigenvalue weighted by molar-refractivity contribution is 5.85. The molecule has 0 bridgehead atoms. The van der Waals surface area contributed by atoms with E-state index in [2.05, 4.69) is 41.4 Å². The molecule has 0 fully saturated rings. The minimum atomic E-state index is 0.968. The number of pyridine rings is 1. The normalized spacial score (nSPS) is 9.39.